The molecule has 0 N–H and O–H groups in total. The van der Waals surface area contributed by atoms with E-state index in [1.807, 2.05) is 0 Å². The predicted molar refractivity (Wildman–Crippen MR) is 67.2 cm³/mol. The minimum atomic E-state index is -0.232. The summed E-state index contributed by atoms with van der Waals surface area (Å²) < 4.78 is 24.6. The molecule has 18 heavy (non-hydrogen) atoms. The van der Waals surface area contributed by atoms with Gasteiger partial charge in [0.05, 0.1) is 11.7 Å². The molecule has 2 aliphatic rings. The highest BCUT2D eigenvalue weighted by Gasteiger charge is 2.42. The first-order valence-corrected chi connectivity index (χ1v) is 6.82. The van der Waals surface area contributed by atoms with E-state index in [2.05, 4.69) is 0 Å². The second kappa shape index (κ2) is 4.88. The lowest BCUT2D eigenvalue weighted by molar-refractivity contribution is -0.0508. The first kappa shape index (κ1) is 12.0. The summed E-state index contributed by atoms with van der Waals surface area (Å²) in [5, 5.41) is 0. The molecule has 1 aliphatic heterocycles. The number of hydrogen-bond acceptors (Lipinski definition) is 2. The average Bonchev–Trinajstić information content (AvgIpc) is 3.00. The number of rotatable bonds is 3. The van der Waals surface area contributed by atoms with Gasteiger partial charge in [0.1, 0.15) is 18.2 Å². The molecule has 0 aromatic heterocycles. The predicted octanol–water partition coefficient (Wildman–Crippen LogP) is 3.70. The van der Waals surface area contributed by atoms with Gasteiger partial charge in [0.15, 0.2) is 0 Å². The molecule has 1 spiro atoms. The summed E-state index contributed by atoms with van der Waals surface area (Å²) in [6.07, 6.45) is 7.47. The van der Waals surface area contributed by atoms with Crippen LogP contribution in [0.25, 0.3) is 0 Å². The SMILES string of the molecule is Fc1ccc(OCC2CCC3(CCCC3)O2)cc1. The summed E-state index contributed by atoms with van der Waals surface area (Å²) in [4.78, 5) is 0. The van der Waals surface area contributed by atoms with E-state index in [1.54, 1.807) is 12.1 Å². The van der Waals surface area contributed by atoms with E-state index >= 15 is 0 Å². The van der Waals surface area contributed by atoms with Crippen LogP contribution in [0.4, 0.5) is 4.39 Å². The van der Waals surface area contributed by atoms with Gasteiger partial charge in [0.25, 0.3) is 0 Å². The van der Waals surface area contributed by atoms with Gasteiger partial charge in [-0.3, -0.25) is 0 Å². The van der Waals surface area contributed by atoms with Crippen molar-refractivity contribution in [2.24, 2.45) is 0 Å². The molecule has 1 heterocycles. The number of benzene rings is 1. The molecule has 1 aromatic carbocycles. The summed E-state index contributed by atoms with van der Waals surface area (Å²) in [6, 6.07) is 6.16. The fourth-order valence-corrected chi connectivity index (χ4v) is 3.12. The third-order valence-corrected chi connectivity index (χ3v) is 4.10. The van der Waals surface area contributed by atoms with Crippen molar-refractivity contribution in [3.05, 3.63) is 30.1 Å². The van der Waals surface area contributed by atoms with E-state index in [0.717, 1.165) is 6.42 Å². The van der Waals surface area contributed by atoms with Crippen LogP contribution in [0.5, 0.6) is 5.75 Å². The highest BCUT2D eigenvalue weighted by Crippen LogP contribution is 2.43. The molecule has 0 radical (unpaired) electrons. The largest absolute Gasteiger partial charge is 0.491 e. The molecular weight excluding hydrogens is 231 g/mol. The fraction of sp³-hybridized carbons (Fsp3) is 0.600. The molecule has 1 aliphatic carbocycles. The monoisotopic (exact) mass is 250 g/mol. The lowest BCUT2D eigenvalue weighted by Gasteiger charge is -2.23. The van der Waals surface area contributed by atoms with Gasteiger partial charge in [-0.05, 0) is 49.9 Å². The van der Waals surface area contributed by atoms with Gasteiger partial charge in [-0.1, -0.05) is 12.8 Å². The van der Waals surface area contributed by atoms with E-state index in [0.29, 0.717) is 12.4 Å². The zero-order valence-electron chi connectivity index (χ0n) is 10.5. The fourth-order valence-electron chi connectivity index (χ4n) is 3.12. The smallest absolute Gasteiger partial charge is 0.123 e. The van der Waals surface area contributed by atoms with Crippen molar-refractivity contribution in [2.45, 2.75) is 50.2 Å². The van der Waals surface area contributed by atoms with Crippen LogP contribution in [0, 0.1) is 5.82 Å². The summed E-state index contributed by atoms with van der Waals surface area (Å²) >= 11 is 0. The maximum absolute atomic E-state index is 12.7. The summed E-state index contributed by atoms with van der Waals surface area (Å²) in [7, 11) is 0. The highest BCUT2D eigenvalue weighted by molar-refractivity contribution is 5.22. The van der Waals surface area contributed by atoms with Crippen LogP contribution in [0.1, 0.15) is 38.5 Å². The Bertz CT molecular complexity index is 395. The van der Waals surface area contributed by atoms with Gasteiger partial charge in [0.2, 0.25) is 0 Å². The van der Waals surface area contributed by atoms with E-state index in [-0.39, 0.29) is 17.5 Å². The van der Waals surface area contributed by atoms with Gasteiger partial charge in [-0.15, -0.1) is 0 Å². The Labute approximate surface area is 107 Å². The number of halogens is 1. The Kier molecular flexibility index (Phi) is 3.25. The van der Waals surface area contributed by atoms with Crippen LogP contribution in [-0.4, -0.2) is 18.3 Å². The van der Waals surface area contributed by atoms with Crippen LogP contribution < -0.4 is 4.74 Å². The quantitative estimate of drug-likeness (QED) is 0.814. The van der Waals surface area contributed by atoms with Crippen molar-refractivity contribution in [3.8, 4) is 5.75 Å². The normalized spacial score (nSPS) is 25.7. The molecule has 0 bridgehead atoms. The molecule has 1 saturated carbocycles. The van der Waals surface area contributed by atoms with Crippen LogP contribution in [0.3, 0.4) is 0 Å². The third-order valence-electron chi connectivity index (χ3n) is 4.10. The lowest BCUT2D eigenvalue weighted by atomic mass is 9.98. The molecule has 3 heteroatoms. The molecule has 3 rings (SSSR count). The Hall–Kier alpha value is -1.09. The maximum atomic E-state index is 12.7. The lowest BCUT2D eigenvalue weighted by Crippen LogP contribution is -2.27. The first-order chi connectivity index (χ1) is 8.76. The minimum absolute atomic E-state index is 0.164. The zero-order chi connectivity index (χ0) is 12.4. The molecule has 2 fully saturated rings. The minimum Gasteiger partial charge on any atom is -0.491 e. The van der Waals surface area contributed by atoms with Crippen LogP contribution in [-0.2, 0) is 4.74 Å². The van der Waals surface area contributed by atoms with Gasteiger partial charge in [0, 0.05) is 0 Å². The Morgan fingerprint density at radius 2 is 1.89 bits per heavy atom. The van der Waals surface area contributed by atoms with Gasteiger partial charge in [-0.25, -0.2) is 4.39 Å². The van der Waals surface area contributed by atoms with Crippen molar-refractivity contribution < 1.29 is 13.9 Å². The zero-order valence-corrected chi connectivity index (χ0v) is 10.5. The molecular formula is C15H19FO2. The third kappa shape index (κ3) is 2.51. The van der Waals surface area contributed by atoms with Crippen LogP contribution in [0.15, 0.2) is 24.3 Å². The summed E-state index contributed by atoms with van der Waals surface area (Å²) in [6.45, 7) is 0.577. The molecule has 2 nitrogen and oxygen atoms in total. The van der Waals surface area contributed by atoms with Crippen molar-refractivity contribution in [3.63, 3.8) is 0 Å². The maximum Gasteiger partial charge on any atom is 0.123 e. The standard InChI is InChI=1S/C15H19FO2/c16-12-3-5-13(6-4-12)17-11-14-7-10-15(18-14)8-1-2-9-15/h3-6,14H,1-2,7-11H2. The molecule has 1 unspecified atom stereocenters. The molecule has 98 valence electrons. The summed E-state index contributed by atoms with van der Waals surface area (Å²) in [5.74, 6) is 0.483. The van der Waals surface area contributed by atoms with E-state index in [4.69, 9.17) is 9.47 Å². The van der Waals surface area contributed by atoms with Crippen molar-refractivity contribution >= 4 is 0 Å². The average molecular weight is 250 g/mol. The van der Waals surface area contributed by atoms with Gasteiger partial charge >= 0.3 is 0 Å². The molecule has 1 aromatic rings. The van der Waals surface area contributed by atoms with E-state index in [9.17, 15) is 4.39 Å². The van der Waals surface area contributed by atoms with Crippen LogP contribution >= 0.6 is 0 Å². The molecule has 1 saturated heterocycles. The first-order valence-electron chi connectivity index (χ1n) is 6.82. The second-order valence-electron chi connectivity index (χ2n) is 5.43. The van der Waals surface area contributed by atoms with E-state index in [1.165, 1.54) is 44.2 Å². The van der Waals surface area contributed by atoms with Gasteiger partial charge < -0.3 is 9.47 Å². The van der Waals surface area contributed by atoms with Gasteiger partial charge in [-0.2, -0.15) is 0 Å². The van der Waals surface area contributed by atoms with E-state index < -0.39 is 0 Å². The van der Waals surface area contributed by atoms with Crippen LogP contribution in [0.2, 0.25) is 0 Å². The molecule has 0 amide bonds. The van der Waals surface area contributed by atoms with Crippen molar-refractivity contribution in [1.82, 2.24) is 0 Å². The second-order valence-corrected chi connectivity index (χ2v) is 5.43. The topological polar surface area (TPSA) is 18.5 Å². The Morgan fingerprint density at radius 1 is 1.17 bits per heavy atom. The summed E-state index contributed by atoms with van der Waals surface area (Å²) in [5.41, 5.74) is 0.164. The highest BCUT2D eigenvalue weighted by atomic mass is 19.1. The number of hydrogen-bond donors (Lipinski definition) is 0. The van der Waals surface area contributed by atoms with Crippen molar-refractivity contribution in [2.75, 3.05) is 6.61 Å². The Balaban J connectivity index is 1.51. The van der Waals surface area contributed by atoms with Crippen molar-refractivity contribution in [1.29, 1.82) is 0 Å². The molecule has 1 atom stereocenters. The number of ether oxygens (including phenoxy) is 2. The Morgan fingerprint density at radius 3 is 2.61 bits per heavy atom.